The van der Waals surface area contributed by atoms with Gasteiger partial charge in [0, 0.05) is 19.2 Å². The molecule has 0 heterocycles. The van der Waals surface area contributed by atoms with Crippen molar-refractivity contribution >= 4 is 5.91 Å². The van der Waals surface area contributed by atoms with Crippen LogP contribution in [0.4, 0.5) is 0 Å². The van der Waals surface area contributed by atoms with E-state index in [2.05, 4.69) is 24.5 Å². The van der Waals surface area contributed by atoms with Gasteiger partial charge in [0.25, 0.3) is 0 Å². The summed E-state index contributed by atoms with van der Waals surface area (Å²) >= 11 is 0. The van der Waals surface area contributed by atoms with Crippen molar-refractivity contribution < 1.29 is 9.53 Å². The first-order valence-corrected chi connectivity index (χ1v) is 7.06. The normalized spacial score (nSPS) is 29.9. The van der Waals surface area contributed by atoms with Crippen LogP contribution in [0.25, 0.3) is 0 Å². The van der Waals surface area contributed by atoms with Crippen LogP contribution >= 0.6 is 0 Å². The van der Waals surface area contributed by atoms with Gasteiger partial charge in [-0.3, -0.25) is 4.79 Å². The molecule has 0 saturated heterocycles. The Morgan fingerprint density at radius 1 is 1.39 bits per heavy atom. The predicted octanol–water partition coefficient (Wildman–Crippen LogP) is 1.55. The molecule has 0 aromatic rings. The molecule has 1 amide bonds. The molecule has 0 aromatic carbocycles. The summed E-state index contributed by atoms with van der Waals surface area (Å²) in [5.41, 5.74) is 0. The summed E-state index contributed by atoms with van der Waals surface area (Å²) < 4.78 is 4.99. The van der Waals surface area contributed by atoms with Crippen molar-refractivity contribution in [3.05, 3.63) is 0 Å². The van der Waals surface area contributed by atoms with Gasteiger partial charge in [0.15, 0.2) is 0 Å². The Morgan fingerprint density at radius 2 is 2.11 bits per heavy atom. The highest BCUT2D eigenvalue weighted by molar-refractivity contribution is 5.78. The van der Waals surface area contributed by atoms with Crippen molar-refractivity contribution in [1.29, 1.82) is 0 Å². The third kappa shape index (κ3) is 4.94. The lowest BCUT2D eigenvalue weighted by Gasteiger charge is -2.34. The van der Waals surface area contributed by atoms with E-state index in [1.807, 2.05) is 6.92 Å². The molecule has 1 rings (SSSR count). The fourth-order valence-corrected chi connectivity index (χ4v) is 2.71. The molecule has 4 unspecified atom stereocenters. The lowest BCUT2D eigenvalue weighted by atomic mass is 9.78. The molecule has 0 spiro atoms. The first-order chi connectivity index (χ1) is 8.54. The second-order valence-corrected chi connectivity index (χ2v) is 5.68. The number of carbonyl (C=O) groups excluding carboxylic acids is 1. The second kappa shape index (κ2) is 7.74. The average molecular weight is 256 g/mol. The fourth-order valence-electron chi connectivity index (χ4n) is 2.71. The Bertz CT molecular complexity index is 258. The summed E-state index contributed by atoms with van der Waals surface area (Å²) in [5.74, 6) is 1.47. The van der Waals surface area contributed by atoms with Gasteiger partial charge in [0.2, 0.25) is 5.91 Å². The molecule has 0 aromatic heterocycles. The Kier molecular flexibility index (Phi) is 6.65. The van der Waals surface area contributed by atoms with Crippen LogP contribution < -0.4 is 10.6 Å². The van der Waals surface area contributed by atoms with Crippen LogP contribution in [0, 0.1) is 11.8 Å². The average Bonchev–Trinajstić information content (AvgIpc) is 2.31. The van der Waals surface area contributed by atoms with Gasteiger partial charge in [-0.05, 0) is 25.2 Å². The van der Waals surface area contributed by atoms with Gasteiger partial charge in [-0.1, -0.05) is 26.7 Å². The van der Waals surface area contributed by atoms with Crippen LogP contribution in [0.15, 0.2) is 0 Å². The number of ether oxygens (including phenoxy) is 1. The zero-order valence-corrected chi connectivity index (χ0v) is 12.2. The topological polar surface area (TPSA) is 50.4 Å². The third-order valence-electron chi connectivity index (χ3n) is 4.06. The van der Waals surface area contributed by atoms with Crippen LogP contribution in [-0.2, 0) is 9.53 Å². The van der Waals surface area contributed by atoms with E-state index in [0.717, 1.165) is 5.92 Å². The van der Waals surface area contributed by atoms with Crippen molar-refractivity contribution in [2.75, 3.05) is 20.3 Å². The number of nitrogens with one attached hydrogen (secondary N) is 2. The number of carbonyl (C=O) groups is 1. The Hall–Kier alpha value is -0.610. The van der Waals surface area contributed by atoms with Gasteiger partial charge in [0.1, 0.15) is 0 Å². The van der Waals surface area contributed by atoms with Crippen molar-refractivity contribution in [1.82, 2.24) is 10.6 Å². The van der Waals surface area contributed by atoms with Gasteiger partial charge in [0.05, 0.1) is 13.2 Å². The van der Waals surface area contributed by atoms with E-state index in [1.165, 1.54) is 19.3 Å². The van der Waals surface area contributed by atoms with E-state index in [9.17, 15) is 4.79 Å². The van der Waals surface area contributed by atoms with Crippen molar-refractivity contribution in [3.63, 3.8) is 0 Å². The molecule has 1 aliphatic carbocycles. The number of hydrogen-bond donors (Lipinski definition) is 2. The molecule has 1 fully saturated rings. The molecule has 1 aliphatic rings. The SMILES string of the molecule is COCC(C)NC(=O)CNC1CCCC(C)C1C. The summed E-state index contributed by atoms with van der Waals surface area (Å²) in [4.78, 5) is 11.7. The van der Waals surface area contributed by atoms with Crippen LogP contribution in [0.2, 0.25) is 0 Å². The van der Waals surface area contributed by atoms with Gasteiger partial charge in [-0.25, -0.2) is 0 Å². The van der Waals surface area contributed by atoms with E-state index in [-0.39, 0.29) is 11.9 Å². The number of methoxy groups -OCH3 is 1. The van der Waals surface area contributed by atoms with E-state index in [1.54, 1.807) is 7.11 Å². The number of amides is 1. The van der Waals surface area contributed by atoms with Crippen LogP contribution in [0.3, 0.4) is 0 Å². The van der Waals surface area contributed by atoms with E-state index < -0.39 is 0 Å². The lowest BCUT2D eigenvalue weighted by Crippen LogP contribution is -2.47. The number of rotatable bonds is 6. The zero-order chi connectivity index (χ0) is 13.5. The molecular formula is C14H28N2O2. The highest BCUT2D eigenvalue weighted by Gasteiger charge is 2.26. The summed E-state index contributed by atoms with van der Waals surface area (Å²) in [6, 6.07) is 0.559. The first kappa shape index (κ1) is 15.4. The molecule has 106 valence electrons. The molecule has 0 aliphatic heterocycles. The molecule has 4 atom stereocenters. The monoisotopic (exact) mass is 256 g/mol. The second-order valence-electron chi connectivity index (χ2n) is 5.68. The van der Waals surface area contributed by atoms with Gasteiger partial charge >= 0.3 is 0 Å². The smallest absolute Gasteiger partial charge is 0.234 e. The van der Waals surface area contributed by atoms with E-state index in [0.29, 0.717) is 25.1 Å². The quantitative estimate of drug-likeness (QED) is 0.758. The summed E-state index contributed by atoms with van der Waals surface area (Å²) in [5, 5.41) is 6.32. The maximum atomic E-state index is 11.7. The third-order valence-corrected chi connectivity index (χ3v) is 4.06. The number of hydrogen-bond acceptors (Lipinski definition) is 3. The standard InChI is InChI=1S/C14H28N2O2/c1-10-6-5-7-13(12(10)3)15-8-14(17)16-11(2)9-18-4/h10-13,15H,5-9H2,1-4H3,(H,16,17). The Morgan fingerprint density at radius 3 is 2.78 bits per heavy atom. The van der Waals surface area contributed by atoms with Crippen molar-refractivity contribution in [2.24, 2.45) is 11.8 Å². The minimum absolute atomic E-state index is 0.0602. The molecule has 0 bridgehead atoms. The first-order valence-electron chi connectivity index (χ1n) is 7.06. The van der Waals surface area contributed by atoms with Gasteiger partial charge in [-0.2, -0.15) is 0 Å². The van der Waals surface area contributed by atoms with Gasteiger partial charge < -0.3 is 15.4 Å². The molecule has 1 saturated carbocycles. The summed E-state index contributed by atoms with van der Waals surface area (Å²) in [7, 11) is 1.64. The molecule has 4 nitrogen and oxygen atoms in total. The highest BCUT2D eigenvalue weighted by atomic mass is 16.5. The van der Waals surface area contributed by atoms with Crippen molar-refractivity contribution in [2.45, 2.75) is 52.1 Å². The minimum atomic E-state index is 0.0602. The molecule has 4 heteroatoms. The minimum Gasteiger partial charge on any atom is -0.383 e. The Labute approximate surface area is 111 Å². The maximum absolute atomic E-state index is 11.7. The summed E-state index contributed by atoms with van der Waals surface area (Å²) in [6.07, 6.45) is 3.77. The lowest BCUT2D eigenvalue weighted by molar-refractivity contribution is -0.121. The summed E-state index contributed by atoms with van der Waals surface area (Å²) in [6.45, 7) is 7.51. The molecule has 0 radical (unpaired) electrons. The maximum Gasteiger partial charge on any atom is 0.234 e. The molecule has 2 N–H and O–H groups in total. The van der Waals surface area contributed by atoms with Crippen LogP contribution in [-0.4, -0.2) is 38.3 Å². The highest BCUT2D eigenvalue weighted by Crippen LogP contribution is 2.29. The largest absolute Gasteiger partial charge is 0.383 e. The fraction of sp³-hybridized carbons (Fsp3) is 0.929. The Balaban J connectivity index is 2.25. The van der Waals surface area contributed by atoms with Crippen LogP contribution in [0.5, 0.6) is 0 Å². The van der Waals surface area contributed by atoms with E-state index in [4.69, 9.17) is 4.74 Å². The molecule has 18 heavy (non-hydrogen) atoms. The molecular weight excluding hydrogens is 228 g/mol. The van der Waals surface area contributed by atoms with Crippen LogP contribution in [0.1, 0.15) is 40.0 Å². The predicted molar refractivity (Wildman–Crippen MR) is 73.5 cm³/mol. The van der Waals surface area contributed by atoms with Crippen molar-refractivity contribution in [3.8, 4) is 0 Å². The zero-order valence-electron chi connectivity index (χ0n) is 12.2. The van der Waals surface area contributed by atoms with Gasteiger partial charge in [-0.15, -0.1) is 0 Å². The van der Waals surface area contributed by atoms with E-state index >= 15 is 0 Å².